The molecule has 0 saturated carbocycles. The first-order chi connectivity index (χ1) is 9.20. The highest BCUT2D eigenvalue weighted by Crippen LogP contribution is 2.32. The summed E-state index contributed by atoms with van der Waals surface area (Å²) >= 11 is 3.38. The molecule has 2 heterocycles. The summed E-state index contributed by atoms with van der Waals surface area (Å²) < 4.78 is 7.68. The monoisotopic (exact) mass is 318 g/mol. The highest BCUT2D eigenvalue weighted by molar-refractivity contribution is 9.10. The maximum Gasteiger partial charge on any atom is 0.146 e. The molecule has 2 aromatic heterocycles. The number of hydrogen-bond donors (Lipinski definition) is 1. The van der Waals surface area contributed by atoms with Gasteiger partial charge in [-0.05, 0) is 40.2 Å². The second-order valence-corrected chi connectivity index (χ2v) is 4.82. The van der Waals surface area contributed by atoms with E-state index in [1.165, 1.54) is 0 Å². The zero-order chi connectivity index (χ0) is 13.4. The van der Waals surface area contributed by atoms with E-state index in [9.17, 15) is 5.11 Å². The van der Waals surface area contributed by atoms with E-state index in [0.29, 0.717) is 10.1 Å². The number of aromatic hydroxyl groups is 1. The maximum atomic E-state index is 9.90. The number of halogens is 1. The van der Waals surface area contributed by atoms with Gasteiger partial charge in [0.25, 0.3) is 0 Å². The quantitative estimate of drug-likeness (QED) is 0.787. The lowest BCUT2D eigenvalue weighted by molar-refractivity contribution is 0.415. The zero-order valence-electron chi connectivity index (χ0n) is 10.2. The number of aromatic nitrogens is 2. The average molecular weight is 319 g/mol. The topological polar surface area (TPSA) is 46.8 Å². The molecule has 3 aromatic rings. The molecule has 4 nitrogen and oxygen atoms in total. The molecule has 0 aliphatic rings. The van der Waals surface area contributed by atoms with Gasteiger partial charge in [0.15, 0.2) is 0 Å². The molecule has 0 aliphatic carbocycles. The second kappa shape index (κ2) is 4.59. The number of ether oxygens (including phenoxy) is 1. The summed E-state index contributed by atoms with van der Waals surface area (Å²) in [6, 6.07) is 11.1. The van der Waals surface area contributed by atoms with E-state index in [4.69, 9.17) is 4.74 Å². The molecular weight excluding hydrogens is 308 g/mol. The fourth-order valence-electron chi connectivity index (χ4n) is 2.04. The normalized spacial score (nSPS) is 10.8. The van der Waals surface area contributed by atoms with Crippen LogP contribution in [0.1, 0.15) is 0 Å². The Labute approximate surface area is 118 Å². The minimum absolute atomic E-state index is 0.191. The number of hydrogen-bond acceptors (Lipinski definition) is 3. The van der Waals surface area contributed by atoms with Crippen LogP contribution in [0.2, 0.25) is 0 Å². The van der Waals surface area contributed by atoms with Gasteiger partial charge in [-0.25, -0.2) is 4.98 Å². The number of pyridine rings is 1. The van der Waals surface area contributed by atoms with Crippen molar-refractivity contribution in [1.82, 2.24) is 9.38 Å². The first-order valence-corrected chi connectivity index (χ1v) is 6.50. The number of benzene rings is 1. The predicted molar refractivity (Wildman–Crippen MR) is 76.5 cm³/mol. The lowest BCUT2D eigenvalue weighted by Crippen LogP contribution is -1.90. The van der Waals surface area contributed by atoms with Crippen LogP contribution in [-0.2, 0) is 0 Å². The van der Waals surface area contributed by atoms with Crippen LogP contribution in [0, 0.1) is 0 Å². The molecule has 3 rings (SSSR count). The van der Waals surface area contributed by atoms with Crippen LogP contribution in [0.25, 0.3) is 16.9 Å². The van der Waals surface area contributed by atoms with Crippen LogP contribution in [0.4, 0.5) is 0 Å². The van der Waals surface area contributed by atoms with Gasteiger partial charge in [-0.2, -0.15) is 0 Å². The van der Waals surface area contributed by atoms with Gasteiger partial charge >= 0.3 is 0 Å². The number of fused-ring (bicyclic) bond motifs is 1. The molecule has 96 valence electrons. The van der Waals surface area contributed by atoms with Gasteiger partial charge in [0.05, 0.1) is 7.11 Å². The lowest BCUT2D eigenvalue weighted by Gasteiger charge is -2.04. The Balaban J connectivity index is 2.28. The molecule has 1 aromatic carbocycles. The molecular formula is C14H11BrN2O2. The molecule has 0 fully saturated rings. The summed E-state index contributed by atoms with van der Waals surface area (Å²) in [5.74, 6) is 1.71. The van der Waals surface area contributed by atoms with Crippen molar-refractivity contribution in [2.45, 2.75) is 0 Å². The highest BCUT2D eigenvalue weighted by Gasteiger charge is 2.14. The van der Waals surface area contributed by atoms with Gasteiger partial charge < -0.3 is 9.84 Å². The van der Waals surface area contributed by atoms with Crippen molar-refractivity contribution in [3.05, 3.63) is 47.2 Å². The van der Waals surface area contributed by atoms with Crippen LogP contribution in [0.3, 0.4) is 0 Å². The number of nitrogens with zero attached hydrogens (tertiary/aromatic N) is 2. The van der Waals surface area contributed by atoms with Crippen LogP contribution in [-0.4, -0.2) is 21.6 Å². The van der Waals surface area contributed by atoms with Gasteiger partial charge in [0, 0.05) is 11.8 Å². The molecule has 0 atom stereocenters. The number of imidazole rings is 1. The summed E-state index contributed by atoms with van der Waals surface area (Å²) in [5.41, 5.74) is 1.57. The summed E-state index contributed by atoms with van der Waals surface area (Å²) in [6.45, 7) is 0. The van der Waals surface area contributed by atoms with Gasteiger partial charge in [-0.15, -0.1) is 0 Å². The van der Waals surface area contributed by atoms with Gasteiger partial charge in [-0.3, -0.25) is 4.40 Å². The molecule has 0 saturated heterocycles. The van der Waals surface area contributed by atoms with Crippen LogP contribution >= 0.6 is 15.9 Å². The lowest BCUT2D eigenvalue weighted by atomic mass is 10.2. The predicted octanol–water partition coefficient (Wildman–Crippen LogP) is 3.48. The Morgan fingerprint density at radius 1 is 1.26 bits per heavy atom. The van der Waals surface area contributed by atoms with Crippen LogP contribution in [0.15, 0.2) is 47.2 Å². The Hall–Kier alpha value is -2.01. The van der Waals surface area contributed by atoms with Gasteiger partial charge in [-0.1, -0.05) is 12.1 Å². The van der Waals surface area contributed by atoms with Crippen LogP contribution < -0.4 is 4.74 Å². The number of methoxy groups -OCH3 is 1. The van der Waals surface area contributed by atoms with E-state index >= 15 is 0 Å². The van der Waals surface area contributed by atoms with Crippen LogP contribution in [0.5, 0.6) is 11.5 Å². The molecule has 0 unspecified atom stereocenters. The minimum atomic E-state index is 0.191. The zero-order valence-corrected chi connectivity index (χ0v) is 11.8. The molecule has 0 bridgehead atoms. The first kappa shape index (κ1) is 12.0. The van der Waals surface area contributed by atoms with Crippen molar-refractivity contribution in [2.75, 3.05) is 7.11 Å². The molecule has 0 amide bonds. The van der Waals surface area contributed by atoms with Crippen molar-refractivity contribution >= 4 is 21.4 Å². The van der Waals surface area contributed by atoms with E-state index < -0.39 is 0 Å². The molecule has 5 heteroatoms. The van der Waals surface area contributed by atoms with E-state index in [1.807, 2.05) is 34.9 Å². The van der Waals surface area contributed by atoms with E-state index in [-0.39, 0.29) is 5.75 Å². The third kappa shape index (κ3) is 1.96. The molecule has 1 N–H and O–H groups in total. The second-order valence-electron chi connectivity index (χ2n) is 4.07. The van der Waals surface area contributed by atoms with Crippen molar-refractivity contribution in [1.29, 1.82) is 0 Å². The summed E-state index contributed by atoms with van der Waals surface area (Å²) in [5, 5.41) is 9.90. The van der Waals surface area contributed by atoms with E-state index in [1.54, 1.807) is 19.2 Å². The van der Waals surface area contributed by atoms with Crippen molar-refractivity contribution in [2.24, 2.45) is 0 Å². The SMILES string of the molecule is COc1cccc(-c2nc(Br)c3c(O)cccn23)c1. The Kier molecular flexibility index (Phi) is 2.91. The molecule has 19 heavy (non-hydrogen) atoms. The highest BCUT2D eigenvalue weighted by atomic mass is 79.9. The minimum Gasteiger partial charge on any atom is -0.506 e. The fourth-order valence-corrected chi connectivity index (χ4v) is 2.61. The smallest absolute Gasteiger partial charge is 0.146 e. The summed E-state index contributed by atoms with van der Waals surface area (Å²) in [4.78, 5) is 4.46. The largest absolute Gasteiger partial charge is 0.506 e. The fraction of sp³-hybridized carbons (Fsp3) is 0.0714. The Bertz CT molecular complexity index is 752. The van der Waals surface area contributed by atoms with Crippen molar-refractivity contribution in [3.8, 4) is 22.9 Å². The molecule has 0 radical (unpaired) electrons. The maximum absolute atomic E-state index is 9.90. The van der Waals surface area contributed by atoms with E-state index in [0.717, 1.165) is 17.1 Å². The standard InChI is InChI=1S/C14H11BrN2O2/c1-19-10-5-2-4-9(8-10)14-16-13(15)12-11(18)6-3-7-17(12)14/h2-8,18H,1H3. The van der Waals surface area contributed by atoms with Crippen molar-refractivity contribution < 1.29 is 9.84 Å². The number of rotatable bonds is 2. The first-order valence-electron chi connectivity index (χ1n) is 5.70. The third-order valence-electron chi connectivity index (χ3n) is 2.93. The van der Waals surface area contributed by atoms with E-state index in [2.05, 4.69) is 20.9 Å². The molecule has 0 aliphatic heterocycles. The summed E-state index contributed by atoms with van der Waals surface area (Å²) in [7, 11) is 1.63. The summed E-state index contributed by atoms with van der Waals surface area (Å²) in [6.07, 6.45) is 1.86. The average Bonchev–Trinajstić information content (AvgIpc) is 2.78. The van der Waals surface area contributed by atoms with Crippen molar-refractivity contribution in [3.63, 3.8) is 0 Å². The Morgan fingerprint density at radius 2 is 2.11 bits per heavy atom. The molecule has 0 spiro atoms. The van der Waals surface area contributed by atoms with Gasteiger partial charge in [0.1, 0.15) is 27.4 Å². The third-order valence-corrected chi connectivity index (χ3v) is 3.48. The Morgan fingerprint density at radius 3 is 2.89 bits per heavy atom. The van der Waals surface area contributed by atoms with Gasteiger partial charge in [0.2, 0.25) is 0 Å².